The number of carbonyl (C=O) groups is 1. The van der Waals surface area contributed by atoms with Crippen molar-refractivity contribution in [2.75, 3.05) is 0 Å². The average Bonchev–Trinajstić information content (AvgIpc) is 2.45. The summed E-state index contributed by atoms with van der Waals surface area (Å²) < 4.78 is 0. The molecule has 3 heteroatoms. The van der Waals surface area contributed by atoms with Gasteiger partial charge in [-0.05, 0) is 28.8 Å². The highest BCUT2D eigenvalue weighted by atomic mass is 16.1. The third-order valence-corrected chi connectivity index (χ3v) is 2.69. The third kappa shape index (κ3) is 3.08. The van der Waals surface area contributed by atoms with Gasteiger partial charge in [0.05, 0.1) is 0 Å². The molecule has 0 bridgehead atoms. The molecule has 92 valence electrons. The summed E-state index contributed by atoms with van der Waals surface area (Å²) in [6.07, 6.45) is 1.49. The standard InChI is InChI=1S/C16H12N2O/c17-11-15(16(18)19)10-12-5-4-8-14(9-12)13-6-2-1-3-7-13/h1-10H,(H2,18,19)/b15-10+. The van der Waals surface area contributed by atoms with Gasteiger partial charge in [0.2, 0.25) is 0 Å². The van der Waals surface area contributed by atoms with Crippen LogP contribution in [0.1, 0.15) is 5.56 Å². The minimum absolute atomic E-state index is 0.0507. The van der Waals surface area contributed by atoms with Crippen LogP contribution in [-0.4, -0.2) is 5.91 Å². The van der Waals surface area contributed by atoms with E-state index >= 15 is 0 Å². The van der Waals surface area contributed by atoms with Crippen molar-refractivity contribution in [2.24, 2.45) is 5.73 Å². The molecule has 3 nitrogen and oxygen atoms in total. The van der Waals surface area contributed by atoms with Gasteiger partial charge in [-0.15, -0.1) is 0 Å². The molecule has 0 aliphatic heterocycles. The number of hydrogen-bond acceptors (Lipinski definition) is 2. The minimum atomic E-state index is -0.715. The lowest BCUT2D eigenvalue weighted by molar-refractivity contribution is -0.114. The molecule has 0 aromatic heterocycles. The van der Waals surface area contributed by atoms with Crippen LogP contribution in [0.2, 0.25) is 0 Å². The monoisotopic (exact) mass is 248 g/mol. The van der Waals surface area contributed by atoms with E-state index in [9.17, 15) is 4.79 Å². The first-order valence-corrected chi connectivity index (χ1v) is 5.78. The molecule has 0 heterocycles. The Labute approximate surface area is 111 Å². The normalized spacial score (nSPS) is 10.8. The van der Waals surface area contributed by atoms with E-state index < -0.39 is 5.91 Å². The van der Waals surface area contributed by atoms with Crippen LogP contribution in [0.25, 0.3) is 17.2 Å². The maximum Gasteiger partial charge on any atom is 0.259 e. The smallest absolute Gasteiger partial charge is 0.259 e. The number of primary amides is 1. The minimum Gasteiger partial charge on any atom is -0.365 e. The van der Waals surface area contributed by atoms with E-state index in [1.54, 1.807) is 6.07 Å². The van der Waals surface area contributed by atoms with E-state index in [0.717, 1.165) is 16.7 Å². The Morgan fingerprint density at radius 1 is 1.05 bits per heavy atom. The molecule has 0 unspecified atom stereocenters. The number of carbonyl (C=O) groups excluding carboxylic acids is 1. The predicted octanol–water partition coefficient (Wildman–Crippen LogP) is 2.75. The number of benzene rings is 2. The van der Waals surface area contributed by atoms with Crippen LogP contribution in [0.5, 0.6) is 0 Å². The lowest BCUT2D eigenvalue weighted by Gasteiger charge is -2.03. The first kappa shape index (κ1) is 12.6. The van der Waals surface area contributed by atoms with Gasteiger partial charge in [0, 0.05) is 0 Å². The second-order valence-electron chi connectivity index (χ2n) is 4.03. The number of nitriles is 1. The van der Waals surface area contributed by atoms with Crippen molar-refractivity contribution in [1.82, 2.24) is 0 Å². The number of hydrogen-bond donors (Lipinski definition) is 1. The molecular formula is C16H12N2O. The quantitative estimate of drug-likeness (QED) is 0.670. The molecular weight excluding hydrogens is 236 g/mol. The van der Waals surface area contributed by atoms with Gasteiger partial charge in [-0.3, -0.25) is 4.79 Å². The first-order chi connectivity index (χ1) is 9.20. The highest BCUT2D eigenvalue weighted by molar-refractivity contribution is 6.00. The highest BCUT2D eigenvalue weighted by Crippen LogP contribution is 2.21. The van der Waals surface area contributed by atoms with Crippen LogP contribution in [0.3, 0.4) is 0 Å². The number of nitrogens with two attached hydrogens (primary N) is 1. The molecule has 2 aromatic carbocycles. The summed E-state index contributed by atoms with van der Waals surface area (Å²) in [6.45, 7) is 0. The summed E-state index contributed by atoms with van der Waals surface area (Å²) in [5.41, 5.74) is 7.94. The topological polar surface area (TPSA) is 66.9 Å². The van der Waals surface area contributed by atoms with Gasteiger partial charge in [0.25, 0.3) is 5.91 Å². The molecule has 0 saturated carbocycles. The molecule has 0 fully saturated rings. The van der Waals surface area contributed by atoms with E-state index in [2.05, 4.69) is 0 Å². The van der Waals surface area contributed by atoms with Crippen LogP contribution in [0.15, 0.2) is 60.2 Å². The maximum atomic E-state index is 11.0. The second kappa shape index (κ2) is 5.65. The first-order valence-electron chi connectivity index (χ1n) is 5.78. The van der Waals surface area contributed by atoms with Crippen molar-refractivity contribution < 1.29 is 4.79 Å². The summed E-state index contributed by atoms with van der Waals surface area (Å²) in [5.74, 6) is -0.715. The zero-order valence-corrected chi connectivity index (χ0v) is 10.2. The van der Waals surface area contributed by atoms with Gasteiger partial charge in [0.1, 0.15) is 11.6 Å². The van der Waals surface area contributed by atoms with Gasteiger partial charge in [-0.1, -0.05) is 48.5 Å². The highest BCUT2D eigenvalue weighted by Gasteiger charge is 2.04. The van der Waals surface area contributed by atoms with Crippen LogP contribution in [-0.2, 0) is 4.79 Å². The summed E-state index contributed by atoms with van der Waals surface area (Å²) in [6, 6.07) is 19.3. The molecule has 0 aliphatic carbocycles. The van der Waals surface area contributed by atoms with E-state index in [1.165, 1.54) is 6.08 Å². The van der Waals surface area contributed by atoms with E-state index in [4.69, 9.17) is 11.0 Å². The Balaban J connectivity index is 2.41. The predicted molar refractivity (Wildman–Crippen MR) is 74.7 cm³/mol. The maximum absolute atomic E-state index is 11.0. The molecule has 0 radical (unpaired) electrons. The lowest BCUT2D eigenvalue weighted by atomic mass is 10.0. The van der Waals surface area contributed by atoms with Crippen LogP contribution in [0, 0.1) is 11.3 Å². The molecule has 2 N–H and O–H groups in total. The fourth-order valence-electron chi connectivity index (χ4n) is 1.76. The van der Waals surface area contributed by atoms with E-state index in [1.807, 2.05) is 54.6 Å². The molecule has 0 aliphatic rings. The van der Waals surface area contributed by atoms with Gasteiger partial charge in [-0.25, -0.2) is 0 Å². The van der Waals surface area contributed by atoms with Crippen LogP contribution >= 0.6 is 0 Å². The van der Waals surface area contributed by atoms with Crippen LogP contribution < -0.4 is 5.73 Å². The largest absolute Gasteiger partial charge is 0.365 e. The van der Waals surface area contributed by atoms with Gasteiger partial charge < -0.3 is 5.73 Å². The fraction of sp³-hybridized carbons (Fsp3) is 0. The lowest BCUT2D eigenvalue weighted by Crippen LogP contribution is -2.12. The molecule has 2 aromatic rings. The Bertz CT molecular complexity index is 667. The number of amides is 1. The SMILES string of the molecule is N#C/C(=C\c1cccc(-c2ccccc2)c1)C(N)=O. The number of nitrogens with zero attached hydrogens (tertiary/aromatic N) is 1. The Kier molecular flexibility index (Phi) is 3.75. The fourth-order valence-corrected chi connectivity index (χ4v) is 1.76. The average molecular weight is 248 g/mol. The molecule has 1 amide bonds. The zero-order chi connectivity index (χ0) is 13.7. The van der Waals surface area contributed by atoms with Crippen molar-refractivity contribution in [1.29, 1.82) is 5.26 Å². The number of rotatable bonds is 3. The zero-order valence-electron chi connectivity index (χ0n) is 10.2. The molecule has 0 spiro atoms. The van der Waals surface area contributed by atoms with Gasteiger partial charge >= 0.3 is 0 Å². The Morgan fingerprint density at radius 3 is 2.37 bits per heavy atom. The van der Waals surface area contributed by atoms with Crippen molar-refractivity contribution in [3.63, 3.8) is 0 Å². The molecule has 0 saturated heterocycles. The van der Waals surface area contributed by atoms with Crippen molar-refractivity contribution in [2.45, 2.75) is 0 Å². The summed E-state index contributed by atoms with van der Waals surface area (Å²) in [7, 11) is 0. The third-order valence-electron chi connectivity index (χ3n) is 2.69. The summed E-state index contributed by atoms with van der Waals surface area (Å²) in [5, 5.41) is 8.82. The van der Waals surface area contributed by atoms with Crippen LogP contribution in [0.4, 0.5) is 0 Å². The second-order valence-corrected chi connectivity index (χ2v) is 4.03. The van der Waals surface area contributed by atoms with Gasteiger partial charge in [-0.2, -0.15) is 5.26 Å². The Hall–Kier alpha value is -2.86. The van der Waals surface area contributed by atoms with Crippen molar-refractivity contribution in [3.8, 4) is 17.2 Å². The molecule has 0 atom stereocenters. The van der Waals surface area contributed by atoms with Gasteiger partial charge in [0.15, 0.2) is 0 Å². The molecule has 19 heavy (non-hydrogen) atoms. The van der Waals surface area contributed by atoms with E-state index in [0.29, 0.717) is 0 Å². The van der Waals surface area contributed by atoms with Crippen molar-refractivity contribution >= 4 is 12.0 Å². The molecule has 2 rings (SSSR count). The summed E-state index contributed by atoms with van der Waals surface area (Å²) >= 11 is 0. The van der Waals surface area contributed by atoms with E-state index in [-0.39, 0.29) is 5.57 Å². The summed E-state index contributed by atoms with van der Waals surface area (Å²) in [4.78, 5) is 11.0. The Morgan fingerprint density at radius 2 is 1.74 bits per heavy atom. The van der Waals surface area contributed by atoms with Crippen molar-refractivity contribution in [3.05, 3.63) is 65.7 Å².